The van der Waals surface area contributed by atoms with Crippen molar-refractivity contribution < 1.29 is 18.4 Å². The van der Waals surface area contributed by atoms with E-state index in [4.69, 9.17) is 14.0 Å². The number of rotatable bonds is 4. The minimum absolute atomic E-state index is 0.246. The lowest BCUT2D eigenvalue weighted by molar-refractivity contribution is 0.00578. The van der Waals surface area contributed by atoms with Crippen molar-refractivity contribution in [3.63, 3.8) is 0 Å². The van der Waals surface area contributed by atoms with Gasteiger partial charge < -0.3 is 14.0 Å². The van der Waals surface area contributed by atoms with Crippen LogP contribution >= 0.6 is 0 Å². The number of benzene rings is 1. The zero-order valence-corrected chi connectivity index (χ0v) is 13.7. The molecule has 1 aromatic carbocycles. The smallest absolute Gasteiger partial charge is 0.490 e. The molecule has 5 heteroatoms. The molecule has 0 aliphatic carbocycles. The number of halogens is 1. The summed E-state index contributed by atoms with van der Waals surface area (Å²) in [5, 5.41) is 0. The van der Waals surface area contributed by atoms with Crippen molar-refractivity contribution in [3.8, 4) is 5.75 Å². The highest BCUT2D eigenvalue weighted by Gasteiger charge is 2.51. The molecule has 0 radical (unpaired) electrons. The second-order valence-electron chi connectivity index (χ2n) is 6.98. The van der Waals surface area contributed by atoms with Crippen LogP contribution in [0.25, 0.3) is 0 Å². The van der Waals surface area contributed by atoms with E-state index in [2.05, 4.69) is 0 Å². The molecule has 2 rings (SSSR count). The first-order valence-corrected chi connectivity index (χ1v) is 7.40. The van der Waals surface area contributed by atoms with E-state index in [9.17, 15) is 4.39 Å². The highest BCUT2D eigenvalue weighted by atomic mass is 19.1. The third kappa shape index (κ3) is 3.41. The summed E-state index contributed by atoms with van der Waals surface area (Å²) in [4.78, 5) is 0. The molecule has 1 heterocycles. The quantitative estimate of drug-likeness (QED) is 0.798. The van der Waals surface area contributed by atoms with Gasteiger partial charge in [-0.15, -0.1) is 0 Å². The van der Waals surface area contributed by atoms with E-state index in [0.717, 1.165) is 5.46 Å². The zero-order valence-electron chi connectivity index (χ0n) is 13.7. The van der Waals surface area contributed by atoms with Crippen molar-refractivity contribution in [1.29, 1.82) is 0 Å². The highest BCUT2D eigenvalue weighted by molar-refractivity contribution is 6.62. The van der Waals surface area contributed by atoms with Crippen LogP contribution in [0.1, 0.15) is 41.5 Å². The van der Waals surface area contributed by atoms with Crippen LogP contribution in [0.2, 0.25) is 0 Å². The van der Waals surface area contributed by atoms with Gasteiger partial charge in [-0.3, -0.25) is 0 Å². The van der Waals surface area contributed by atoms with Crippen molar-refractivity contribution in [1.82, 2.24) is 0 Å². The average Bonchev–Trinajstić information content (AvgIpc) is 2.57. The molecule has 3 nitrogen and oxygen atoms in total. The molecule has 116 valence electrons. The highest BCUT2D eigenvalue weighted by Crippen LogP contribution is 2.36. The van der Waals surface area contributed by atoms with Crippen LogP contribution in [0.3, 0.4) is 0 Å². The summed E-state index contributed by atoms with van der Waals surface area (Å²) in [6.07, 6.45) is 0. The molecule has 1 fully saturated rings. The SMILES string of the molecule is CC(C)COc1cc(B2OC(C)(C)C(C)(C)O2)ccc1F. The van der Waals surface area contributed by atoms with Crippen LogP contribution in [-0.4, -0.2) is 24.9 Å². The molecule has 1 saturated heterocycles. The maximum Gasteiger partial charge on any atom is 0.494 e. The van der Waals surface area contributed by atoms with Gasteiger partial charge in [0.15, 0.2) is 11.6 Å². The molecule has 0 amide bonds. The zero-order chi connectivity index (χ0) is 15.8. The fourth-order valence-corrected chi connectivity index (χ4v) is 2.01. The van der Waals surface area contributed by atoms with E-state index in [-0.39, 0.29) is 11.6 Å². The van der Waals surface area contributed by atoms with E-state index >= 15 is 0 Å². The number of ether oxygens (including phenoxy) is 1. The van der Waals surface area contributed by atoms with E-state index in [1.54, 1.807) is 12.1 Å². The molecule has 0 unspecified atom stereocenters. The molecule has 0 saturated carbocycles. The third-order valence-electron chi connectivity index (χ3n) is 4.05. The van der Waals surface area contributed by atoms with E-state index in [0.29, 0.717) is 12.5 Å². The van der Waals surface area contributed by atoms with Crippen LogP contribution in [0.5, 0.6) is 5.75 Å². The summed E-state index contributed by atoms with van der Waals surface area (Å²) >= 11 is 0. The minimum atomic E-state index is -0.503. The lowest BCUT2D eigenvalue weighted by atomic mass is 9.79. The molecule has 1 aliphatic rings. The van der Waals surface area contributed by atoms with Crippen molar-refractivity contribution >= 4 is 12.6 Å². The van der Waals surface area contributed by atoms with Gasteiger partial charge in [0.2, 0.25) is 0 Å². The van der Waals surface area contributed by atoms with Gasteiger partial charge in [0.25, 0.3) is 0 Å². The van der Waals surface area contributed by atoms with Gasteiger partial charge in [-0.2, -0.15) is 0 Å². The summed E-state index contributed by atoms with van der Waals surface area (Å²) in [7, 11) is -0.503. The summed E-state index contributed by atoms with van der Waals surface area (Å²) < 4.78 is 31.3. The summed E-state index contributed by atoms with van der Waals surface area (Å²) in [5.74, 6) is 0.219. The lowest BCUT2D eigenvalue weighted by Crippen LogP contribution is -2.41. The van der Waals surface area contributed by atoms with Gasteiger partial charge in [0.1, 0.15) is 0 Å². The largest absolute Gasteiger partial charge is 0.494 e. The fraction of sp³-hybridized carbons (Fsp3) is 0.625. The molecular formula is C16H24BFO3. The fourth-order valence-electron chi connectivity index (χ4n) is 2.01. The van der Waals surface area contributed by atoms with Crippen LogP contribution in [-0.2, 0) is 9.31 Å². The van der Waals surface area contributed by atoms with Crippen LogP contribution < -0.4 is 10.2 Å². The Bertz CT molecular complexity index is 498. The van der Waals surface area contributed by atoms with Gasteiger partial charge in [-0.1, -0.05) is 19.9 Å². The van der Waals surface area contributed by atoms with Gasteiger partial charge in [-0.05, 0) is 51.2 Å². The van der Waals surface area contributed by atoms with Crippen LogP contribution in [0.15, 0.2) is 18.2 Å². The second kappa shape index (κ2) is 5.62. The van der Waals surface area contributed by atoms with Gasteiger partial charge in [0, 0.05) is 0 Å². The minimum Gasteiger partial charge on any atom is -0.490 e. The topological polar surface area (TPSA) is 27.7 Å². The van der Waals surface area contributed by atoms with E-state index in [1.807, 2.05) is 41.5 Å². The summed E-state index contributed by atoms with van der Waals surface area (Å²) in [5.41, 5.74) is -0.0514. The first kappa shape index (κ1) is 16.3. The Balaban J connectivity index is 2.20. The molecule has 0 atom stereocenters. The Morgan fingerprint density at radius 1 is 1.14 bits per heavy atom. The van der Waals surface area contributed by atoms with Crippen LogP contribution in [0.4, 0.5) is 4.39 Å². The number of hydrogen-bond donors (Lipinski definition) is 0. The maximum atomic E-state index is 13.8. The molecule has 0 bridgehead atoms. The van der Waals surface area contributed by atoms with Crippen LogP contribution in [0, 0.1) is 11.7 Å². The predicted molar refractivity (Wildman–Crippen MR) is 82.4 cm³/mol. The number of hydrogen-bond acceptors (Lipinski definition) is 3. The monoisotopic (exact) mass is 294 g/mol. The molecule has 1 aromatic rings. The van der Waals surface area contributed by atoms with Crippen molar-refractivity contribution in [3.05, 3.63) is 24.0 Å². The molecule has 1 aliphatic heterocycles. The molecule has 21 heavy (non-hydrogen) atoms. The first-order chi connectivity index (χ1) is 9.62. The van der Waals surface area contributed by atoms with Crippen molar-refractivity contribution in [2.45, 2.75) is 52.7 Å². The Labute approximate surface area is 126 Å². The average molecular weight is 294 g/mol. The molecule has 0 aromatic heterocycles. The Morgan fingerprint density at radius 3 is 2.24 bits per heavy atom. The Kier molecular flexibility index (Phi) is 4.36. The van der Waals surface area contributed by atoms with Gasteiger partial charge >= 0.3 is 7.12 Å². The van der Waals surface area contributed by atoms with Crippen molar-refractivity contribution in [2.75, 3.05) is 6.61 Å². The Hall–Kier alpha value is -1.07. The summed E-state index contributed by atoms with van der Waals surface area (Å²) in [6, 6.07) is 4.75. The molecule has 0 spiro atoms. The van der Waals surface area contributed by atoms with E-state index < -0.39 is 18.3 Å². The molecular weight excluding hydrogens is 270 g/mol. The van der Waals surface area contributed by atoms with Gasteiger partial charge in [0.05, 0.1) is 17.8 Å². The summed E-state index contributed by atoms with van der Waals surface area (Å²) in [6.45, 7) is 12.5. The van der Waals surface area contributed by atoms with Gasteiger partial charge in [-0.25, -0.2) is 4.39 Å². The van der Waals surface area contributed by atoms with E-state index in [1.165, 1.54) is 6.07 Å². The maximum absolute atomic E-state index is 13.8. The van der Waals surface area contributed by atoms with Crippen molar-refractivity contribution in [2.24, 2.45) is 5.92 Å². The Morgan fingerprint density at radius 2 is 1.71 bits per heavy atom. The normalized spacial score (nSPS) is 20.1. The lowest BCUT2D eigenvalue weighted by Gasteiger charge is -2.32. The first-order valence-electron chi connectivity index (χ1n) is 7.40. The second-order valence-corrected chi connectivity index (χ2v) is 6.98. The third-order valence-corrected chi connectivity index (χ3v) is 4.05. The molecule has 0 N–H and O–H groups in total. The predicted octanol–water partition coefficient (Wildman–Crippen LogP) is 3.16. The standard InChI is InChI=1S/C16H24BFO3/c1-11(2)10-19-14-9-12(7-8-13(14)18)17-20-15(3,4)16(5,6)21-17/h7-9,11H,10H2,1-6H3.